The first-order valence-electron chi connectivity index (χ1n) is 19.0. The molecule has 3 aromatic rings. The zero-order chi connectivity index (χ0) is 44.6. The Morgan fingerprint density at radius 3 is 2.20 bits per heavy atom. The van der Waals surface area contributed by atoms with Gasteiger partial charge in [0.05, 0.1) is 11.2 Å². The van der Waals surface area contributed by atoms with Crippen LogP contribution in [0.25, 0.3) is 21.6 Å². The third-order valence-electron chi connectivity index (χ3n) is 8.52. The number of nitrogen functional groups attached to an aromatic ring is 1. The van der Waals surface area contributed by atoms with E-state index in [0.29, 0.717) is 0 Å². The summed E-state index contributed by atoms with van der Waals surface area (Å²) in [5.41, 5.74) is 15.3. The van der Waals surface area contributed by atoms with Gasteiger partial charge in [-0.15, -0.1) is 0 Å². The number of fused-ring (bicyclic) bond motifs is 1. The van der Waals surface area contributed by atoms with Crippen molar-refractivity contribution >= 4 is 57.0 Å². The molecule has 60 heavy (non-hydrogen) atoms. The molecular formula is C37H53N11O11S. The highest BCUT2D eigenvalue weighted by Crippen LogP contribution is 2.39. The second kappa shape index (κ2) is 19.5. The normalized spacial score (nSPS) is 19.1. The summed E-state index contributed by atoms with van der Waals surface area (Å²) in [6.45, 7) is 14.5. The van der Waals surface area contributed by atoms with Gasteiger partial charge in [0.25, 0.3) is 0 Å². The highest BCUT2D eigenvalue weighted by molar-refractivity contribution is 7.89. The molecule has 0 unspecified atom stereocenters. The van der Waals surface area contributed by atoms with Gasteiger partial charge in [0.2, 0.25) is 16.0 Å². The molecule has 0 saturated carbocycles. The molecule has 3 heterocycles. The van der Waals surface area contributed by atoms with Crippen molar-refractivity contribution < 1.29 is 51.3 Å². The molecule has 5 N–H and O–H groups in total. The number of rotatable bonds is 17. The molecule has 1 saturated heterocycles. The molecule has 1 amide bonds. The Labute approximate surface area is 347 Å². The zero-order valence-corrected chi connectivity index (χ0v) is 35.8. The van der Waals surface area contributed by atoms with E-state index in [0.717, 1.165) is 19.4 Å². The summed E-state index contributed by atoms with van der Waals surface area (Å²) in [5.74, 6) is -2.29. The number of imidazole rings is 1. The van der Waals surface area contributed by atoms with E-state index in [4.69, 9.17) is 29.4 Å². The maximum absolute atomic E-state index is 13.4. The van der Waals surface area contributed by atoms with Gasteiger partial charge < -0.3 is 40.1 Å². The number of sulfonamides is 1. The maximum Gasteiger partial charge on any atom is 0.407 e. The van der Waals surface area contributed by atoms with Gasteiger partial charge in [0, 0.05) is 37.9 Å². The smallest absolute Gasteiger partial charge is 0.407 e. The quantitative estimate of drug-likeness (QED) is 0.0373. The molecule has 4 rings (SSSR count). The lowest BCUT2D eigenvalue weighted by atomic mass is 9.98. The van der Waals surface area contributed by atoms with Gasteiger partial charge in [0.15, 0.2) is 29.9 Å². The average Bonchev–Trinajstić information content (AvgIpc) is 3.67. The SMILES string of the molecule is CC(=O)O[C@@H]1[C@H](OC(C)=O)[C@@H](C[C@H](CC[C@H](NS(=O)(=O)c2ccc(C)cc2)C(=O)OC(C)(C)C)N=[N+]=[N-])O[C@H]1n1cnc2c(N)nc(NCCNC(=O)OC(C)(C)C)nc21. The van der Waals surface area contributed by atoms with Crippen molar-refractivity contribution in [3.05, 3.63) is 46.6 Å². The van der Waals surface area contributed by atoms with Crippen molar-refractivity contribution in [3.8, 4) is 0 Å². The number of nitrogens with one attached hydrogen (secondary N) is 3. The lowest BCUT2D eigenvalue weighted by Crippen LogP contribution is -2.44. The Balaban J connectivity index is 1.61. The number of carbonyl (C=O) groups is 4. The van der Waals surface area contributed by atoms with Crippen LogP contribution in [0.3, 0.4) is 0 Å². The number of benzene rings is 1. The van der Waals surface area contributed by atoms with Gasteiger partial charge in [-0.1, -0.05) is 22.8 Å². The molecule has 0 radical (unpaired) electrons. The number of nitrogens with zero attached hydrogens (tertiary/aromatic N) is 7. The minimum Gasteiger partial charge on any atom is -0.459 e. The van der Waals surface area contributed by atoms with E-state index in [1.165, 1.54) is 23.0 Å². The van der Waals surface area contributed by atoms with E-state index in [1.54, 1.807) is 60.6 Å². The van der Waals surface area contributed by atoms with Crippen molar-refractivity contribution in [1.29, 1.82) is 0 Å². The standard InChI is InChI=1S/C37H53N11O11S/c1-20-10-13-24(14-11-20)60(53,54)46-25(33(51)58-36(4,5)6)15-12-23(45-47-39)18-26-28(55-21(2)49)29(56-22(3)50)32(57-26)48-19-42-27-30(38)43-34(44-31(27)48)40-16-17-41-35(52)59-37(7,8)9/h10-11,13-14,19,23,25-26,28-29,32,46H,12,15-18H2,1-9H3,(H,41,52)(H3,38,40,43,44)/t23-,25-,26+,28+,29+,32+/m0/s1. The van der Waals surface area contributed by atoms with Crippen LogP contribution in [0.2, 0.25) is 0 Å². The lowest BCUT2D eigenvalue weighted by molar-refractivity contribution is -0.165. The van der Waals surface area contributed by atoms with Crippen LogP contribution in [-0.2, 0) is 48.1 Å². The summed E-state index contributed by atoms with van der Waals surface area (Å²) in [6.07, 6.45) is -4.57. The van der Waals surface area contributed by atoms with Gasteiger partial charge in [-0.2, -0.15) is 14.7 Å². The first-order chi connectivity index (χ1) is 28.0. The van der Waals surface area contributed by atoms with E-state index in [1.807, 2.05) is 0 Å². The number of carbonyl (C=O) groups excluding carboxylic acids is 4. The van der Waals surface area contributed by atoms with Gasteiger partial charge in [-0.05, 0) is 85.4 Å². The van der Waals surface area contributed by atoms with Crippen molar-refractivity contribution in [2.75, 3.05) is 24.1 Å². The molecule has 1 aliphatic rings. The number of ether oxygens (including phenoxy) is 5. The van der Waals surface area contributed by atoms with Crippen LogP contribution in [0.15, 0.2) is 40.6 Å². The van der Waals surface area contributed by atoms with Crippen molar-refractivity contribution in [2.45, 2.75) is 134 Å². The van der Waals surface area contributed by atoms with Crippen LogP contribution < -0.4 is 21.1 Å². The molecule has 0 bridgehead atoms. The highest BCUT2D eigenvalue weighted by Gasteiger charge is 2.51. The van der Waals surface area contributed by atoms with Crippen molar-refractivity contribution in [3.63, 3.8) is 0 Å². The predicted molar refractivity (Wildman–Crippen MR) is 215 cm³/mol. The van der Waals surface area contributed by atoms with Crippen LogP contribution in [0.5, 0.6) is 0 Å². The van der Waals surface area contributed by atoms with Crippen LogP contribution in [0.4, 0.5) is 16.6 Å². The van der Waals surface area contributed by atoms with Gasteiger partial charge >= 0.3 is 24.0 Å². The number of aromatic nitrogens is 4. The average molecular weight is 860 g/mol. The second-order valence-electron chi connectivity index (χ2n) is 16.0. The summed E-state index contributed by atoms with van der Waals surface area (Å²) in [6, 6.07) is 3.66. The number of amides is 1. The predicted octanol–water partition coefficient (Wildman–Crippen LogP) is 3.95. The van der Waals surface area contributed by atoms with Crippen LogP contribution in [0, 0.1) is 6.92 Å². The fourth-order valence-electron chi connectivity index (χ4n) is 6.12. The Morgan fingerprint density at radius 1 is 0.967 bits per heavy atom. The molecule has 22 nitrogen and oxygen atoms in total. The van der Waals surface area contributed by atoms with Crippen molar-refractivity contribution in [1.82, 2.24) is 29.6 Å². The minimum atomic E-state index is -4.21. The monoisotopic (exact) mass is 859 g/mol. The molecule has 2 aromatic heterocycles. The second-order valence-corrected chi connectivity index (χ2v) is 17.7. The summed E-state index contributed by atoms with van der Waals surface area (Å²) >= 11 is 0. The van der Waals surface area contributed by atoms with Gasteiger partial charge in [-0.3, -0.25) is 19.0 Å². The minimum absolute atomic E-state index is 0.0163. The Bertz CT molecular complexity index is 2180. The van der Waals surface area contributed by atoms with Gasteiger partial charge in [-0.25, -0.2) is 18.2 Å². The molecule has 0 aliphatic carbocycles. The van der Waals surface area contributed by atoms with Gasteiger partial charge in [0.1, 0.15) is 28.9 Å². The number of nitrogens with two attached hydrogens (primary N) is 1. The highest BCUT2D eigenvalue weighted by atomic mass is 32.2. The fraction of sp³-hybridized carbons (Fsp3) is 0.595. The number of aryl methyl sites for hydroxylation is 1. The van der Waals surface area contributed by atoms with E-state index in [9.17, 15) is 33.1 Å². The van der Waals surface area contributed by atoms with E-state index >= 15 is 0 Å². The van der Waals surface area contributed by atoms with Crippen LogP contribution >= 0.6 is 0 Å². The Morgan fingerprint density at radius 2 is 1.60 bits per heavy atom. The third kappa shape index (κ3) is 13.4. The van der Waals surface area contributed by atoms with Crippen LogP contribution in [0.1, 0.15) is 86.4 Å². The first-order valence-corrected chi connectivity index (χ1v) is 20.5. The molecule has 1 aromatic carbocycles. The number of hydrogen-bond donors (Lipinski definition) is 4. The number of alkyl carbamates (subject to hydrolysis) is 1. The number of anilines is 2. The van der Waals surface area contributed by atoms with Crippen molar-refractivity contribution in [2.24, 2.45) is 5.11 Å². The first kappa shape index (κ1) is 46.9. The van der Waals surface area contributed by atoms with E-state index in [-0.39, 0.29) is 60.2 Å². The van der Waals surface area contributed by atoms with E-state index < -0.39 is 81.9 Å². The third-order valence-corrected chi connectivity index (χ3v) is 10.0. The Hall–Kier alpha value is -5.77. The summed E-state index contributed by atoms with van der Waals surface area (Å²) in [5, 5.41) is 9.49. The largest absolute Gasteiger partial charge is 0.459 e. The molecule has 1 aliphatic heterocycles. The topological polar surface area (TPSA) is 303 Å². The fourth-order valence-corrected chi connectivity index (χ4v) is 7.34. The molecular weight excluding hydrogens is 807 g/mol. The molecule has 1 fully saturated rings. The summed E-state index contributed by atoms with van der Waals surface area (Å²) < 4.78 is 59.2. The number of esters is 3. The number of hydrogen-bond acceptors (Lipinski definition) is 17. The molecule has 6 atom stereocenters. The number of azide groups is 1. The maximum atomic E-state index is 13.4. The van der Waals surface area contributed by atoms with Crippen LogP contribution in [-0.4, -0.2) is 107 Å². The van der Waals surface area contributed by atoms with E-state index in [2.05, 4.69) is 40.3 Å². The molecule has 23 heteroatoms. The zero-order valence-electron chi connectivity index (χ0n) is 35.0. The summed E-state index contributed by atoms with van der Waals surface area (Å²) in [4.78, 5) is 66.4. The molecule has 0 spiro atoms. The Kier molecular flexibility index (Phi) is 15.3. The molecule has 328 valence electrons. The lowest BCUT2D eigenvalue weighted by Gasteiger charge is -2.26. The summed E-state index contributed by atoms with van der Waals surface area (Å²) in [7, 11) is -4.21.